The zero-order chi connectivity index (χ0) is 18.0. The maximum Gasteiger partial charge on any atom is 0.335 e. The van der Waals surface area contributed by atoms with Crippen LogP contribution in [0.15, 0.2) is 48.7 Å². The Kier molecular flexibility index (Phi) is 4.54. The number of aromatic carboxylic acids is 1. The van der Waals surface area contributed by atoms with Crippen molar-refractivity contribution >= 4 is 34.4 Å². The molecule has 3 aromatic rings. The second kappa shape index (κ2) is 6.78. The highest BCUT2D eigenvalue weighted by Gasteiger charge is 2.16. The molecule has 0 saturated heterocycles. The minimum Gasteiger partial charge on any atom is -0.506 e. The molecule has 7 heteroatoms. The number of halogens is 1. The van der Waals surface area contributed by atoms with E-state index in [0.29, 0.717) is 10.5 Å². The summed E-state index contributed by atoms with van der Waals surface area (Å²) >= 11 is 5.81. The van der Waals surface area contributed by atoms with Crippen molar-refractivity contribution in [1.29, 1.82) is 0 Å². The van der Waals surface area contributed by atoms with Crippen LogP contribution in [0.4, 0.5) is 0 Å². The summed E-state index contributed by atoms with van der Waals surface area (Å²) in [5.74, 6) is -1.94. The number of pyridine rings is 1. The smallest absolute Gasteiger partial charge is 0.335 e. The van der Waals surface area contributed by atoms with Crippen LogP contribution in [0.3, 0.4) is 0 Å². The van der Waals surface area contributed by atoms with E-state index in [1.807, 2.05) is 0 Å². The molecule has 6 nitrogen and oxygen atoms in total. The van der Waals surface area contributed by atoms with Crippen LogP contribution in [0.5, 0.6) is 5.75 Å². The van der Waals surface area contributed by atoms with E-state index in [2.05, 4.69) is 10.3 Å². The molecule has 2 aromatic carbocycles. The van der Waals surface area contributed by atoms with Gasteiger partial charge >= 0.3 is 5.97 Å². The zero-order valence-corrected chi connectivity index (χ0v) is 13.6. The molecule has 25 heavy (non-hydrogen) atoms. The Morgan fingerprint density at radius 1 is 1.12 bits per heavy atom. The molecular weight excluding hydrogens is 344 g/mol. The van der Waals surface area contributed by atoms with E-state index in [1.165, 1.54) is 24.4 Å². The molecule has 0 radical (unpaired) electrons. The summed E-state index contributed by atoms with van der Waals surface area (Å²) in [7, 11) is 0. The van der Waals surface area contributed by atoms with E-state index in [-0.39, 0.29) is 28.8 Å². The monoisotopic (exact) mass is 356 g/mol. The van der Waals surface area contributed by atoms with Crippen molar-refractivity contribution in [3.63, 3.8) is 0 Å². The van der Waals surface area contributed by atoms with Gasteiger partial charge in [-0.15, -0.1) is 0 Å². The lowest BCUT2D eigenvalue weighted by Gasteiger charge is -2.09. The van der Waals surface area contributed by atoms with Gasteiger partial charge in [-0.25, -0.2) is 4.79 Å². The van der Waals surface area contributed by atoms with Gasteiger partial charge in [0.05, 0.1) is 11.1 Å². The van der Waals surface area contributed by atoms with Crippen molar-refractivity contribution in [2.24, 2.45) is 0 Å². The number of fused-ring (bicyclic) bond motifs is 1. The number of carboxylic acid groups (broad SMARTS) is 1. The number of hydrogen-bond acceptors (Lipinski definition) is 4. The summed E-state index contributed by atoms with van der Waals surface area (Å²) in [6.45, 7) is 0.253. The van der Waals surface area contributed by atoms with Crippen LogP contribution in [0.1, 0.15) is 26.3 Å². The topological polar surface area (TPSA) is 99.5 Å². The minimum atomic E-state index is -1.13. The predicted octanol–water partition coefficient (Wildman–Crippen LogP) is 3.22. The van der Waals surface area contributed by atoms with Gasteiger partial charge < -0.3 is 15.5 Å². The van der Waals surface area contributed by atoms with Gasteiger partial charge in [-0.05, 0) is 35.9 Å². The highest BCUT2D eigenvalue weighted by atomic mass is 35.5. The maximum absolute atomic E-state index is 12.3. The molecule has 0 aliphatic carbocycles. The van der Waals surface area contributed by atoms with Gasteiger partial charge in [0.25, 0.3) is 5.91 Å². The van der Waals surface area contributed by atoms with Crippen molar-refractivity contribution in [1.82, 2.24) is 10.3 Å². The number of rotatable bonds is 4. The Balaban J connectivity index is 1.86. The molecule has 1 aromatic heterocycles. The molecule has 1 heterocycles. The molecule has 3 rings (SSSR count). The Morgan fingerprint density at radius 3 is 2.52 bits per heavy atom. The summed E-state index contributed by atoms with van der Waals surface area (Å²) in [6, 6.07) is 11.1. The SMILES string of the molecule is O=C(O)c1ccc2ncc(C(=O)NCc3ccc(Cl)cc3)c(O)c2c1. The van der Waals surface area contributed by atoms with Gasteiger partial charge in [-0.3, -0.25) is 9.78 Å². The third-order valence-corrected chi connectivity index (χ3v) is 3.95. The molecule has 0 spiro atoms. The van der Waals surface area contributed by atoms with E-state index >= 15 is 0 Å². The normalized spacial score (nSPS) is 10.6. The van der Waals surface area contributed by atoms with Crippen LogP contribution in [-0.4, -0.2) is 27.1 Å². The van der Waals surface area contributed by atoms with Crippen LogP contribution < -0.4 is 5.32 Å². The van der Waals surface area contributed by atoms with E-state index < -0.39 is 11.9 Å². The fourth-order valence-corrected chi connectivity index (χ4v) is 2.48. The van der Waals surface area contributed by atoms with E-state index in [4.69, 9.17) is 16.7 Å². The molecule has 3 N–H and O–H groups in total. The lowest BCUT2D eigenvalue weighted by molar-refractivity contribution is 0.0697. The average molecular weight is 357 g/mol. The number of carboxylic acids is 1. The first kappa shape index (κ1) is 16.7. The lowest BCUT2D eigenvalue weighted by atomic mass is 10.1. The highest BCUT2D eigenvalue weighted by Crippen LogP contribution is 2.28. The van der Waals surface area contributed by atoms with Crippen molar-refractivity contribution in [2.45, 2.75) is 6.54 Å². The summed E-state index contributed by atoms with van der Waals surface area (Å²) in [5.41, 5.74) is 1.23. The molecule has 0 bridgehead atoms. The lowest BCUT2D eigenvalue weighted by Crippen LogP contribution is -2.23. The van der Waals surface area contributed by atoms with Gasteiger partial charge in [0.2, 0.25) is 0 Å². The third kappa shape index (κ3) is 3.54. The van der Waals surface area contributed by atoms with E-state index in [9.17, 15) is 14.7 Å². The van der Waals surface area contributed by atoms with E-state index in [0.717, 1.165) is 5.56 Å². The average Bonchev–Trinajstić information content (AvgIpc) is 2.61. The number of amides is 1. The Morgan fingerprint density at radius 2 is 1.84 bits per heavy atom. The molecule has 0 atom stereocenters. The first-order chi connectivity index (χ1) is 12.0. The second-order valence-corrected chi connectivity index (χ2v) is 5.80. The number of benzene rings is 2. The number of hydrogen-bond donors (Lipinski definition) is 3. The molecule has 0 saturated carbocycles. The summed E-state index contributed by atoms with van der Waals surface area (Å²) in [5, 5.41) is 22.9. The summed E-state index contributed by atoms with van der Waals surface area (Å²) in [6.07, 6.45) is 1.26. The van der Waals surface area contributed by atoms with Crippen molar-refractivity contribution in [2.75, 3.05) is 0 Å². The van der Waals surface area contributed by atoms with Gasteiger partial charge in [0, 0.05) is 23.2 Å². The molecular formula is C18H13ClN2O4. The number of carbonyl (C=O) groups excluding carboxylic acids is 1. The maximum atomic E-state index is 12.3. The standard InChI is InChI=1S/C18H13ClN2O4/c19-12-4-1-10(2-5-12)8-21-17(23)14-9-20-15-6-3-11(18(24)25)7-13(15)16(14)22/h1-7,9H,8H2,(H,20,22)(H,21,23)(H,24,25). The van der Waals surface area contributed by atoms with Crippen molar-refractivity contribution < 1.29 is 19.8 Å². The Bertz CT molecular complexity index is 971. The number of aromatic nitrogens is 1. The zero-order valence-electron chi connectivity index (χ0n) is 12.9. The van der Waals surface area contributed by atoms with Crippen LogP contribution in [0, 0.1) is 0 Å². The molecule has 0 aliphatic rings. The van der Waals surface area contributed by atoms with Gasteiger partial charge in [0.1, 0.15) is 11.3 Å². The van der Waals surface area contributed by atoms with Gasteiger partial charge in [0.15, 0.2) is 0 Å². The molecule has 0 unspecified atom stereocenters. The van der Waals surface area contributed by atoms with Crippen molar-refractivity contribution in [3.8, 4) is 5.75 Å². The van der Waals surface area contributed by atoms with Crippen LogP contribution in [0.25, 0.3) is 10.9 Å². The largest absolute Gasteiger partial charge is 0.506 e. The van der Waals surface area contributed by atoms with Crippen LogP contribution >= 0.6 is 11.6 Å². The first-order valence-electron chi connectivity index (χ1n) is 7.33. The Labute approximate surface area is 147 Å². The fraction of sp³-hybridized carbons (Fsp3) is 0.0556. The van der Waals surface area contributed by atoms with E-state index in [1.54, 1.807) is 24.3 Å². The quantitative estimate of drug-likeness (QED) is 0.666. The van der Waals surface area contributed by atoms with Crippen LogP contribution in [0.2, 0.25) is 5.02 Å². The summed E-state index contributed by atoms with van der Waals surface area (Å²) in [4.78, 5) is 27.5. The summed E-state index contributed by atoms with van der Waals surface area (Å²) < 4.78 is 0. The number of nitrogens with zero attached hydrogens (tertiary/aromatic N) is 1. The van der Waals surface area contributed by atoms with Crippen LogP contribution in [-0.2, 0) is 6.54 Å². The number of aromatic hydroxyl groups is 1. The Hall–Kier alpha value is -3.12. The molecule has 0 fully saturated rings. The molecule has 1 amide bonds. The number of carbonyl (C=O) groups is 2. The van der Waals surface area contributed by atoms with Gasteiger partial charge in [-0.2, -0.15) is 0 Å². The minimum absolute atomic E-state index is 0.00308. The van der Waals surface area contributed by atoms with Crippen molar-refractivity contribution in [3.05, 3.63) is 70.4 Å². The fourth-order valence-electron chi connectivity index (χ4n) is 2.36. The highest BCUT2D eigenvalue weighted by molar-refractivity contribution is 6.30. The number of nitrogens with one attached hydrogen (secondary N) is 1. The molecule has 0 aliphatic heterocycles. The first-order valence-corrected chi connectivity index (χ1v) is 7.71. The van der Waals surface area contributed by atoms with Gasteiger partial charge in [-0.1, -0.05) is 23.7 Å². The molecule has 126 valence electrons. The third-order valence-electron chi connectivity index (χ3n) is 3.70. The second-order valence-electron chi connectivity index (χ2n) is 5.37. The predicted molar refractivity (Wildman–Crippen MR) is 93.0 cm³/mol.